The molecule has 6 nitrogen and oxygen atoms in total. The van der Waals surface area contributed by atoms with Gasteiger partial charge in [-0.2, -0.15) is 18.3 Å². The van der Waals surface area contributed by atoms with Crippen LogP contribution in [0.3, 0.4) is 0 Å². The largest absolute Gasteiger partial charge is 0.497 e. The number of nitrogens with zero attached hydrogens (tertiary/aromatic N) is 1. The van der Waals surface area contributed by atoms with E-state index in [2.05, 4.69) is 15.5 Å². The Kier molecular flexibility index (Phi) is 3.33. The van der Waals surface area contributed by atoms with Crippen molar-refractivity contribution in [1.82, 2.24) is 10.2 Å². The molecule has 0 saturated heterocycles. The molecule has 1 aromatic carbocycles. The lowest BCUT2D eigenvalue weighted by Crippen LogP contribution is -2.48. The Morgan fingerprint density at radius 3 is 2.78 bits per heavy atom. The zero-order valence-electron chi connectivity index (χ0n) is 11.9. The van der Waals surface area contributed by atoms with Gasteiger partial charge in [0.15, 0.2) is 11.4 Å². The summed E-state index contributed by atoms with van der Waals surface area (Å²) < 4.78 is 45.2. The van der Waals surface area contributed by atoms with Gasteiger partial charge in [-0.05, 0) is 12.1 Å². The Labute approximate surface area is 128 Å². The zero-order valence-corrected chi connectivity index (χ0v) is 11.9. The number of amides is 1. The quantitative estimate of drug-likeness (QED) is 0.789. The number of carbonyl (C=O) groups is 1. The average molecular weight is 327 g/mol. The number of benzene rings is 1. The lowest BCUT2D eigenvalue weighted by atomic mass is 9.85. The molecule has 23 heavy (non-hydrogen) atoms. The first-order chi connectivity index (χ1) is 10.8. The standard InChI is InChI=1S/C14H12F3N3O3/c1-23-8-4-2-3-7(5-8)11-10-12(20-19-11)18-9(21)6-13(10,22)14(15,16)17/h2-5,22H,6H2,1H3,(H2,18,19,20,21). The molecular weight excluding hydrogens is 315 g/mol. The fraction of sp³-hybridized carbons (Fsp3) is 0.286. The normalized spacial score (nSPS) is 20.8. The molecule has 0 spiro atoms. The van der Waals surface area contributed by atoms with E-state index in [4.69, 9.17) is 4.74 Å². The van der Waals surface area contributed by atoms with Gasteiger partial charge in [-0.1, -0.05) is 12.1 Å². The number of aliphatic hydroxyl groups is 1. The fourth-order valence-electron chi connectivity index (χ4n) is 2.56. The first-order valence-corrected chi connectivity index (χ1v) is 6.58. The predicted molar refractivity (Wildman–Crippen MR) is 73.8 cm³/mol. The summed E-state index contributed by atoms with van der Waals surface area (Å²) in [6.45, 7) is 0. The van der Waals surface area contributed by atoms with Gasteiger partial charge in [-0.15, -0.1) is 0 Å². The second-order valence-electron chi connectivity index (χ2n) is 5.14. The van der Waals surface area contributed by atoms with Crippen molar-refractivity contribution in [3.63, 3.8) is 0 Å². The third-order valence-electron chi connectivity index (χ3n) is 3.68. The number of hydrogen-bond donors (Lipinski definition) is 3. The van der Waals surface area contributed by atoms with E-state index in [-0.39, 0.29) is 11.5 Å². The summed E-state index contributed by atoms with van der Waals surface area (Å²) in [7, 11) is 1.42. The van der Waals surface area contributed by atoms with Gasteiger partial charge >= 0.3 is 6.18 Å². The van der Waals surface area contributed by atoms with Crippen LogP contribution in [0.4, 0.5) is 19.0 Å². The summed E-state index contributed by atoms with van der Waals surface area (Å²) in [5.41, 5.74) is -3.50. The van der Waals surface area contributed by atoms with E-state index in [0.717, 1.165) is 0 Å². The number of nitrogens with one attached hydrogen (secondary N) is 2. The SMILES string of the molecule is COc1cccc(-c2[nH]nc3c2C(O)(C(F)(F)F)CC(=O)N3)c1. The number of aromatic nitrogens is 2. The molecule has 0 aliphatic carbocycles. The van der Waals surface area contributed by atoms with E-state index < -0.39 is 29.7 Å². The van der Waals surface area contributed by atoms with Crippen LogP contribution in [0, 0.1) is 0 Å². The molecule has 2 heterocycles. The Hall–Kier alpha value is -2.55. The number of aromatic amines is 1. The highest BCUT2D eigenvalue weighted by Gasteiger charge is 2.60. The molecule has 1 unspecified atom stereocenters. The van der Waals surface area contributed by atoms with Gasteiger partial charge in [0.25, 0.3) is 0 Å². The zero-order chi connectivity index (χ0) is 16.8. The second-order valence-corrected chi connectivity index (χ2v) is 5.14. The van der Waals surface area contributed by atoms with Crippen molar-refractivity contribution in [2.75, 3.05) is 12.4 Å². The summed E-state index contributed by atoms with van der Waals surface area (Å²) in [6, 6.07) is 6.27. The van der Waals surface area contributed by atoms with Crippen LogP contribution < -0.4 is 10.1 Å². The molecule has 0 fully saturated rings. The number of halogens is 3. The van der Waals surface area contributed by atoms with Crippen molar-refractivity contribution < 1.29 is 27.8 Å². The third-order valence-corrected chi connectivity index (χ3v) is 3.68. The van der Waals surface area contributed by atoms with Crippen molar-refractivity contribution in [3.05, 3.63) is 29.8 Å². The van der Waals surface area contributed by atoms with Crippen LogP contribution in [-0.4, -0.2) is 34.5 Å². The Balaban J connectivity index is 2.22. The van der Waals surface area contributed by atoms with Crippen LogP contribution in [0.5, 0.6) is 5.75 Å². The number of alkyl halides is 3. The third kappa shape index (κ3) is 2.33. The predicted octanol–water partition coefficient (Wildman–Crippen LogP) is 2.18. The van der Waals surface area contributed by atoms with Crippen LogP contribution in [0.25, 0.3) is 11.3 Å². The highest BCUT2D eigenvalue weighted by Crippen LogP contribution is 2.49. The topological polar surface area (TPSA) is 87.2 Å². The van der Waals surface area contributed by atoms with Crippen LogP contribution in [-0.2, 0) is 10.4 Å². The molecule has 2 aromatic rings. The maximum Gasteiger partial charge on any atom is 0.422 e. The van der Waals surface area contributed by atoms with Gasteiger partial charge in [-0.3, -0.25) is 9.89 Å². The Morgan fingerprint density at radius 1 is 1.39 bits per heavy atom. The number of fused-ring (bicyclic) bond motifs is 1. The molecule has 0 radical (unpaired) electrons. The molecule has 3 rings (SSSR count). The van der Waals surface area contributed by atoms with Crippen molar-refractivity contribution in [2.24, 2.45) is 0 Å². The summed E-state index contributed by atoms with van der Waals surface area (Å²) in [5, 5.41) is 18.6. The van der Waals surface area contributed by atoms with Gasteiger partial charge in [0.05, 0.1) is 24.8 Å². The molecule has 1 aliphatic rings. The van der Waals surface area contributed by atoms with Crippen LogP contribution in [0.1, 0.15) is 12.0 Å². The maximum atomic E-state index is 13.4. The number of carbonyl (C=O) groups excluding carboxylic acids is 1. The molecule has 122 valence electrons. The molecule has 1 amide bonds. The van der Waals surface area contributed by atoms with Gasteiger partial charge in [-0.25, -0.2) is 0 Å². The minimum absolute atomic E-state index is 0.0290. The van der Waals surface area contributed by atoms with Crippen molar-refractivity contribution in [1.29, 1.82) is 0 Å². The summed E-state index contributed by atoms with van der Waals surface area (Å²) in [4.78, 5) is 11.5. The van der Waals surface area contributed by atoms with Crippen molar-refractivity contribution in [2.45, 2.75) is 18.2 Å². The minimum atomic E-state index is -5.03. The monoisotopic (exact) mass is 327 g/mol. The number of H-pyrrole nitrogens is 1. The fourth-order valence-corrected chi connectivity index (χ4v) is 2.56. The first-order valence-electron chi connectivity index (χ1n) is 6.58. The Bertz CT molecular complexity index is 772. The summed E-state index contributed by atoms with van der Waals surface area (Å²) in [6.07, 6.45) is -6.16. The first kappa shape index (κ1) is 15.3. The number of rotatable bonds is 2. The van der Waals surface area contributed by atoms with Crippen LogP contribution >= 0.6 is 0 Å². The van der Waals surface area contributed by atoms with Crippen LogP contribution in [0.15, 0.2) is 24.3 Å². The van der Waals surface area contributed by atoms with E-state index in [1.54, 1.807) is 18.2 Å². The highest BCUT2D eigenvalue weighted by atomic mass is 19.4. The molecule has 1 aromatic heterocycles. The van der Waals surface area contributed by atoms with Gasteiger partial charge in [0.2, 0.25) is 5.91 Å². The van der Waals surface area contributed by atoms with E-state index in [1.165, 1.54) is 13.2 Å². The average Bonchev–Trinajstić information content (AvgIpc) is 2.90. The summed E-state index contributed by atoms with van der Waals surface area (Å²) in [5.74, 6) is -0.860. The number of methoxy groups -OCH3 is 1. The molecule has 0 bridgehead atoms. The van der Waals surface area contributed by atoms with Gasteiger partial charge in [0.1, 0.15) is 5.75 Å². The number of ether oxygens (including phenoxy) is 1. The molecule has 0 saturated carbocycles. The van der Waals surface area contributed by atoms with Gasteiger partial charge in [0, 0.05) is 5.56 Å². The molecule has 9 heteroatoms. The molecule has 1 atom stereocenters. The highest BCUT2D eigenvalue weighted by molar-refractivity contribution is 5.96. The van der Waals surface area contributed by atoms with Crippen molar-refractivity contribution in [3.8, 4) is 17.0 Å². The van der Waals surface area contributed by atoms with E-state index in [9.17, 15) is 23.1 Å². The molecular formula is C14H12F3N3O3. The number of anilines is 1. The molecule has 3 N–H and O–H groups in total. The van der Waals surface area contributed by atoms with Gasteiger partial charge < -0.3 is 15.2 Å². The number of hydrogen-bond acceptors (Lipinski definition) is 4. The van der Waals surface area contributed by atoms with Crippen molar-refractivity contribution >= 4 is 11.7 Å². The summed E-state index contributed by atoms with van der Waals surface area (Å²) >= 11 is 0. The van der Waals surface area contributed by atoms with E-state index in [0.29, 0.717) is 11.3 Å². The molecule has 1 aliphatic heterocycles. The minimum Gasteiger partial charge on any atom is -0.497 e. The second kappa shape index (κ2) is 4.98. The van der Waals surface area contributed by atoms with E-state index >= 15 is 0 Å². The lowest BCUT2D eigenvalue weighted by Gasteiger charge is -2.33. The van der Waals surface area contributed by atoms with E-state index in [1.807, 2.05) is 0 Å². The lowest BCUT2D eigenvalue weighted by molar-refractivity contribution is -0.267. The Morgan fingerprint density at radius 2 is 2.13 bits per heavy atom. The maximum absolute atomic E-state index is 13.4. The van der Waals surface area contributed by atoms with Crippen LogP contribution in [0.2, 0.25) is 0 Å². The smallest absolute Gasteiger partial charge is 0.422 e.